The highest BCUT2D eigenvalue weighted by Crippen LogP contribution is 2.13. The molecule has 4 nitrogen and oxygen atoms in total. The number of aliphatic hydroxyl groups excluding tert-OH is 1. The lowest BCUT2D eigenvalue weighted by Crippen LogP contribution is -2.34. The van der Waals surface area contributed by atoms with Crippen molar-refractivity contribution in [2.75, 3.05) is 0 Å². The van der Waals surface area contributed by atoms with Gasteiger partial charge in [0, 0.05) is 9.61 Å². The maximum atomic E-state index is 11.9. The Morgan fingerprint density at radius 3 is 2.29 bits per heavy atom. The van der Waals surface area contributed by atoms with E-state index >= 15 is 0 Å². The van der Waals surface area contributed by atoms with Crippen LogP contribution in [0.1, 0.15) is 20.3 Å². The maximum Gasteiger partial charge on any atom is 0.240 e. The molecule has 0 radical (unpaired) electrons. The number of rotatable bonds is 5. The molecule has 96 valence electrons. The normalized spacial score (nSPS) is 15.5. The molecule has 0 aliphatic carbocycles. The van der Waals surface area contributed by atoms with E-state index in [9.17, 15) is 13.5 Å². The quantitative estimate of drug-likeness (QED) is 0.777. The number of aliphatic hydroxyl groups is 1. The SMILES string of the molecule is CC(O)CC(C)NS(=O)(=O)c1ccc(I)cc1. The lowest BCUT2D eigenvalue weighted by Gasteiger charge is -2.15. The van der Waals surface area contributed by atoms with Crippen molar-refractivity contribution >= 4 is 32.6 Å². The maximum absolute atomic E-state index is 11.9. The molecule has 1 aromatic rings. The highest BCUT2D eigenvalue weighted by atomic mass is 127. The summed E-state index contributed by atoms with van der Waals surface area (Å²) >= 11 is 2.12. The van der Waals surface area contributed by atoms with Gasteiger partial charge in [-0.3, -0.25) is 0 Å². The van der Waals surface area contributed by atoms with Crippen molar-refractivity contribution in [3.8, 4) is 0 Å². The average Bonchev–Trinajstić information content (AvgIpc) is 2.15. The molecule has 0 spiro atoms. The van der Waals surface area contributed by atoms with Crippen molar-refractivity contribution in [1.29, 1.82) is 0 Å². The van der Waals surface area contributed by atoms with Gasteiger partial charge in [-0.15, -0.1) is 0 Å². The van der Waals surface area contributed by atoms with Crippen molar-refractivity contribution in [3.63, 3.8) is 0 Å². The fourth-order valence-corrected chi connectivity index (χ4v) is 3.12. The van der Waals surface area contributed by atoms with Crippen LogP contribution in [0.2, 0.25) is 0 Å². The fourth-order valence-electron chi connectivity index (χ4n) is 1.51. The van der Waals surface area contributed by atoms with Gasteiger partial charge >= 0.3 is 0 Å². The van der Waals surface area contributed by atoms with Gasteiger partial charge < -0.3 is 5.11 Å². The zero-order valence-electron chi connectivity index (χ0n) is 9.72. The van der Waals surface area contributed by atoms with Gasteiger partial charge in [-0.1, -0.05) is 0 Å². The number of hydrogen-bond acceptors (Lipinski definition) is 3. The van der Waals surface area contributed by atoms with Crippen LogP contribution in [0, 0.1) is 3.57 Å². The molecule has 1 aromatic carbocycles. The first-order valence-corrected chi connectivity index (χ1v) is 7.83. The Morgan fingerprint density at radius 1 is 1.29 bits per heavy atom. The Balaban J connectivity index is 2.78. The summed E-state index contributed by atoms with van der Waals surface area (Å²) in [4.78, 5) is 0.246. The van der Waals surface area contributed by atoms with Gasteiger partial charge in [0.2, 0.25) is 10.0 Å². The van der Waals surface area contributed by atoms with Crippen LogP contribution in [0.15, 0.2) is 29.2 Å². The molecule has 2 unspecified atom stereocenters. The molecule has 6 heteroatoms. The molecule has 0 amide bonds. The van der Waals surface area contributed by atoms with Crippen LogP contribution >= 0.6 is 22.6 Å². The van der Waals surface area contributed by atoms with E-state index in [0.717, 1.165) is 3.57 Å². The second-order valence-electron chi connectivity index (χ2n) is 4.06. The molecule has 17 heavy (non-hydrogen) atoms. The van der Waals surface area contributed by atoms with Crippen LogP contribution in [-0.2, 0) is 10.0 Å². The predicted octanol–water partition coefficient (Wildman–Crippen LogP) is 1.73. The number of nitrogens with one attached hydrogen (secondary N) is 1. The predicted molar refractivity (Wildman–Crippen MR) is 75.2 cm³/mol. The summed E-state index contributed by atoms with van der Waals surface area (Å²) in [5.74, 6) is 0. The zero-order valence-corrected chi connectivity index (χ0v) is 12.7. The third-order valence-electron chi connectivity index (χ3n) is 2.17. The molecule has 0 heterocycles. The minimum Gasteiger partial charge on any atom is -0.393 e. The summed E-state index contributed by atoms with van der Waals surface area (Å²) in [7, 11) is -3.49. The number of hydrogen-bond donors (Lipinski definition) is 2. The summed E-state index contributed by atoms with van der Waals surface area (Å²) in [5.41, 5.74) is 0. The van der Waals surface area contributed by atoms with E-state index in [1.807, 2.05) is 0 Å². The van der Waals surface area contributed by atoms with Crippen molar-refractivity contribution in [2.24, 2.45) is 0 Å². The van der Waals surface area contributed by atoms with Gasteiger partial charge in [0.1, 0.15) is 0 Å². The zero-order chi connectivity index (χ0) is 13.1. The Labute approximate surface area is 116 Å². The van der Waals surface area contributed by atoms with E-state index < -0.39 is 16.1 Å². The minimum absolute atomic E-state index is 0.246. The van der Waals surface area contributed by atoms with E-state index in [1.165, 1.54) is 0 Å². The van der Waals surface area contributed by atoms with Crippen LogP contribution in [0.25, 0.3) is 0 Å². The summed E-state index contributed by atoms with van der Waals surface area (Å²) in [6, 6.07) is 6.33. The molecule has 0 fully saturated rings. The first-order valence-electron chi connectivity index (χ1n) is 5.27. The highest BCUT2D eigenvalue weighted by molar-refractivity contribution is 14.1. The van der Waals surface area contributed by atoms with Crippen LogP contribution in [0.4, 0.5) is 0 Å². The van der Waals surface area contributed by atoms with Crippen molar-refractivity contribution in [1.82, 2.24) is 4.72 Å². The second kappa shape index (κ2) is 6.12. The molecule has 2 N–H and O–H groups in total. The third kappa shape index (κ3) is 4.90. The van der Waals surface area contributed by atoms with E-state index in [4.69, 9.17) is 0 Å². The van der Waals surface area contributed by atoms with E-state index in [2.05, 4.69) is 27.3 Å². The van der Waals surface area contributed by atoms with Crippen molar-refractivity contribution < 1.29 is 13.5 Å². The van der Waals surface area contributed by atoms with Gasteiger partial charge in [-0.05, 0) is 67.1 Å². The van der Waals surface area contributed by atoms with Crippen LogP contribution in [0.3, 0.4) is 0 Å². The number of halogens is 1. The van der Waals surface area contributed by atoms with Crippen LogP contribution in [-0.4, -0.2) is 25.7 Å². The Hall–Kier alpha value is -0.180. The van der Waals surface area contributed by atoms with Crippen LogP contribution in [0.5, 0.6) is 0 Å². The molecule has 0 aliphatic rings. The summed E-state index contributed by atoms with van der Waals surface area (Å²) in [5, 5.41) is 9.19. The van der Waals surface area contributed by atoms with E-state index in [-0.39, 0.29) is 10.9 Å². The topological polar surface area (TPSA) is 66.4 Å². The molecule has 0 bridgehead atoms. The van der Waals surface area contributed by atoms with Crippen molar-refractivity contribution in [3.05, 3.63) is 27.8 Å². The standard InChI is InChI=1S/C11H16INO3S/c1-8(7-9(2)14)13-17(15,16)11-5-3-10(12)4-6-11/h3-6,8-9,13-14H,7H2,1-2H3. The minimum atomic E-state index is -3.49. The smallest absolute Gasteiger partial charge is 0.240 e. The molecule has 0 aromatic heterocycles. The lowest BCUT2D eigenvalue weighted by atomic mass is 10.2. The first-order chi connectivity index (χ1) is 7.81. The van der Waals surface area contributed by atoms with E-state index in [1.54, 1.807) is 38.1 Å². The fraction of sp³-hybridized carbons (Fsp3) is 0.455. The molecular weight excluding hydrogens is 353 g/mol. The number of benzene rings is 1. The molecule has 1 rings (SSSR count). The van der Waals surface area contributed by atoms with Gasteiger partial charge in [0.15, 0.2) is 0 Å². The van der Waals surface area contributed by atoms with Gasteiger partial charge in [-0.2, -0.15) is 0 Å². The van der Waals surface area contributed by atoms with Crippen molar-refractivity contribution in [2.45, 2.75) is 37.3 Å². The monoisotopic (exact) mass is 369 g/mol. The molecule has 0 saturated heterocycles. The summed E-state index contributed by atoms with van der Waals surface area (Å²) < 4.78 is 27.4. The largest absolute Gasteiger partial charge is 0.393 e. The Morgan fingerprint density at radius 2 is 1.82 bits per heavy atom. The van der Waals surface area contributed by atoms with Gasteiger partial charge in [0.05, 0.1) is 11.0 Å². The van der Waals surface area contributed by atoms with Crippen LogP contribution < -0.4 is 4.72 Å². The Kier molecular flexibility index (Phi) is 5.36. The first kappa shape index (κ1) is 14.9. The molecule has 0 aliphatic heterocycles. The lowest BCUT2D eigenvalue weighted by molar-refractivity contribution is 0.175. The molecule has 0 saturated carbocycles. The molecule has 2 atom stereocenters. The Bertz CT molecular complexity index is 456. The molecular formula is C11H16INO3S. The second-order valence-corrected chi connectivity index (χ2v) is 7.02. The average molecular weight is 369 g/mol. The number of sulfonamides is 1. The third-order valence-corrected chi connectivity index (χ3v) is 4.50. The highest BCUT2D eigenvalue weighted by Gasteiger charge is 2.17. The van der Waals surface area contributed by atoms with Gasteiger partial charge in [-0.25, -0.2) is 13.1 Å². The van der Waals surface area contributed by atoms with E-state index in [0.29, 0.717) is 6.42 Å². The summed E-state index contributed by atoms with van der Waals surface area (Å²) in [6.45, 7) is 3.37. The van der Waals surface area contributed by atoms with Gasteiger partial charge in [0.25, 0.3) is 0 Å². The summed E-state index contributed by atoms with van der Waals surface area (Å²) in [6.07, 6.45) is -0.131.